The van der Waals surface area contributed by atoms with Crippen LogP contribution in [0.5, 0.6) is 5.75 Å². The van der Waals surface area contributed by atoms with Gasteiger partial charge in [0, 0.05) is 6.42 Å². The predicted octanol–water partition coefficient (Wildman–Crippen LogP) is 6.18. The second-order valence-electron chi connectivity index (χ2n) is 10.9. The Morgan fingerprint density at radius 2 is 1.45 bits per heavy atom. The molecule has 0 aliphatic carbocycles. The normalized spacial score (nSPS) is 13.9. The van der Waals surface area contributed by atoms with Crippen molar-refractivity contribution in [3.63, 3.8) is 0 Å². The molecule has 0 fully saturated rings. The van der Waals surface area contributed by atoms with Crippen LogP contribution >= 0.6 is 7.82 Å². The Kier molecular flexibility index (Phi) is 19.7. The Bertz CT molecular complexity index is 771. The molecule has 0 saturated heterocycles. The Morgan fingerprint density at radius 1 is 0.868 bits per heavy atom. The molecule has 2 unspecified atom stereocenters. The predicted molar refractivity (Wildman–Crippen MR) is 155 cm³/mol. The Hall–Kier alpha value is -1.24. The van der Waals surface area contributed by atoms with Gasteiger partial charge in [-0.05, 0) is 56.2 Å². The van der Waals surface area contributed by atoms with Gasteiger partial charge < -0.3 is 19.3 Å². The molecule has 0 aromatic heterocycles. The van der Waals surface area contributed by atoms with Crippen LogP contribution in [0.1, 0.15) is 103 Å². The second-order valence-corrected chi connectivity index (χ2v) is 12.4. The minimum atomic E-state index is -4.14. The number of hydrogen-bond donors (Lipinski definition) is 2. The Labute approximate surface area is 232 Å². The number of ether oxygens (including phenoxy) is 1. The van der Waals surface area contributed by atoms with Crippen molar-refractivity contribution in [3.05, 3.63) is 29.8 Å². The molecule has 38 heavy (non-hydrogen) atoms. The maximum absolute atomic E-state index is 12.2. The summed E-state index contributed by atoms with van der Waals surface area (Å²) in [4.78, 5) is 23.1. The van der Waals surface area contributed by atoms with Crippen molar-refractivity contribution in [2.24, 2.45) is 5.92 Å². The third-order valence-electron chi connectivity index (χ3n) is 6.59. The molecule has 8 heteroatoms. The summed E-state index contributed by atoms with van der Waals surface area (Å²) < 4.78 is 28.5. The van der Waals surface area contributed by atoms with Gasteiger partial charge in [0.15, 0.2) is 0 Å². The number of Topliss-reactive ketones (excluding diaryl/α,β-unsaturated/α-hetero) is 1. The number of quaternary nitrogens is 1. The number of nitrogens with one attached hydrogen (secondary N) is 1. The first kappa shape index (κ1) is 34.8. The van der Waals surface area contributed by atoms with E-state index in [2.05, 4.69) is 21.0 Å². The lowest BCUT2D eigenvalue weighted by atomic mass is 9.95. The van der Waals surface area contributed by atoms with Crippen molar-refractivity contribution in [3.8, 4) is 5.75 Å². The van der Waals surface area contributed by atoms with Crippen LogP contribution in [-0.4, -0.2) is 51.1 Å². The van der Waals surface area contributed by atoms with Crippen molar-refractivity contribution < 1.29 is 32.9 Å². The fourth-order valence-electron chi connectivity index (χ4n) is 4.43. The van der Waals surface area contributed by atoms with Crippen molar-refractivity contribution in [2.75, 3.05) is 40.5 Å². The van der Waals surface area contributed by atoms with E-state index in [1.165, 1.54) is 69.6 Å². The standard InChI is InChI=1S/C30H54NO6P/c1-5-6-7-8-9-10-11-12-13-15-22-35-30-19-17-28(18-20-30)25-29(24-27(2)32)26-37-38(33,34)36-23-16-14-21-31(3)4/h17-20,29H,5-16,21-26H2,1-4H3,(H,33,34)/p+1. The van der Waals surface area contributed by atoms with Crippen LogP contribution in [0.15, 0.2) is 24.3 Å². The number of ketones is 1. The molecule has 2 N–H and O–H groups in total. The van der Waals surface area contributed by atoms with E-state index in [9.17, 15) is 14.3 Å². The van der Waals surface area contributed by atoms with Crippen LogP contribution < -0.4 is 9.64 Å². The van der Waals surface area contributed by atoms with Gasteiger partial charge in [-0.3, -0.25) is 9.05 Å². The molecule has 0 aliphatic rings. The quantitative estimate of drug-likeness (QED) is 0.110. The molecule has 220 valence electrons. The molecule has 0 bridgehead atoms. The maximum atomic E-state index is 12.2. The molecule has 0 heterocycles. The monoisotopic (exact) mass is 556 g/mol. The van der Waals surface area contributed by atoms with Crippen molar-refractivity contribution in [1.82, 2.24) is 0 Å². The molecule has 0 amide bonds. The third-order valence-corrected chi connectivity index (χ3v) is 7.57. The number of hydrogen-bond acceptors (Lipinski definition) is 5. The van der Waals surface area contributed by atoms with Crippen molar-refractivity contribution in [1.29, 1.82) is 0 Å². The molecule has 0 saturated carbocycles. The highest BCUT2D eigenvalue weighted by Gasteiger charge is 2.24. The zero-order chi connectivity index (χ0) is 28.1. The van der Waals surface area contributed by atoms with E-state index in [-0.39, 0.29) is 31.3 Å². The summed E-state index contributed by atoms with van der Waals surface area (Å²) in [6.07, 6.45) is 15.5. The molecule has 0 aliphatic heterocycles. The van der Waals surface area contributed by atoms with Crippen molar-refractivity contribution >= 4 is 13.6 Å². The molecular weight excluding hydrogens is 501 g/mol. The van der Waals surface area contributed by atoms with E-state index in [1.54, 1.807) is 0 Å². The van der Waals surface area contributed by atoms with Crippen LogP contribution in [0.4, 0.5) is 0 Å². The Balaban J connectivity index is 2.31. The molecule has 1 aromatic carbocycles. The topological polar surface area (TPSA) is 86.5 Å². The van der Waals surface area contributed by atoms with Gasteiger partial charge >= 0.3 is 7.82 Å². The van der Waals surface area contributed by atoms with Gasteiger partial charge in [-0.25, -0.2) is 4.57 Å². The minimum absolute atomic E-state index is 0.00774. The van der Waals surface area contributed by atoms with E-state index in [1.807, 2.05) is 24.3 Å². The van der Waals surface area contributed by atoms with Crippen LogP contribution in [-0.2, 0) is 24.8 Å². The van der Waals surface area contributed by atoms with Crippen LogP contribution in [0.3, 0.4) is 0 Å². The first-order valence-corrected chi connectivity index (χ1v) is 16.3. The highest BCUT2D eigenvalue weighted by atomic mass is 31.2. The zero-order valence-electron chi connectivity index (χ0n) is 24.6. The lowest BCUT2D eigenvalue weighted by Crippen LogP contribution is -3.05. The molecule has 1 aromatic rings. The van der Waals surface area contributed by atoms with Crippen LogP contribution in [0.25, 0.3) is 0 Å². The van der Waals surface area contributed by atoms with Gasteiger partial charge in [0.25, 0.3) is 0 Å². The lowest BCUT2D eigenvalue weighted by Gasteiger charge is -2.19. The highest BCUT2D eigenvalue weighted by Crippen LogP contribution is 2.44. The van der Waals surface area contributed by atoms with E-state index in [0.717, 1.165) is 37.3 Å². The average Bonchev–Trinajstić information content (AvgIpc) is 2.86. The third kappa shape index (κ3) is 19.8. The molecule has 0 radical (unpaired) electrons. The van der Waals surface area contributed by atoms with E-state index in [4.69, 9.17) is 13.8 Å². The van der Waals surface area contributed by atoms with E-state index >= 15 is 0 Å². The first-order valence-electron chi connectivity index (χ1n) is 14.8. The summed E-state index contributed by atoms with van der Waals surface area (Å²) in [5.74, 6) is 0.662. The maximum Gasteiger partial charge on any atom is 0.472 e. The van der Waals surface area contributed by atoms with Gasteiger partial charge in [-0.1, -0.05) is 76.8 Å². The number of unbranched alkanes of at least 4 members (excludes halogenated alkanes) is 10. The van der Waals surface area contributed by atoms with E-state index in [0.29, 0.717) is 12.8 Å². The van der Waals surface area contributed by atoms with Crippen LogP contribution in [0, 0.1) is 5.92 Å². The summed E-state index contributed by atoms with van der Waals surface area (Å²) >= 11 is 0. The Morgan fingerprint density at radius 3 is 2.03 bits per heavy atom. The summed E-state index contributed by atoms with van der Waals surface area (Å²) in [6.45, 7) is 5.65. The number of carbonyl (C=O) groups is 1. The lowest BCUT2D eigenvalue weighted by molar-refractivity contribution is -0.858. The first-order chi connectivity index (χ1) is 18.2. The summed E-state index contributed by atoms with van der Waals surface area (Å²) in [5.41, 5.74) is 1.03. The average molecular weight is 557 g/mol. The number of phosphoric ester groups is 1. The smallest absolute Gasteiger partial charge is 0.472 e. The zero-order valence-corrected chi connectivity index (χ0v) is 25.4. The number of carbonyl (C=O) groups excluding carboxylic acids is 1. The second kappa shape index (κ2) is 21.6. The molecule has 7 nitrogen and oxygen atoms in total. The van der Waals surface area contributed by atoms with Gasteiger partial charge in [0.05, 0.1) is 40.5 Å². The fourth-order valence-corrected chi connectivity index (χ4v) is 5.26. The molecular formula is C30H55NO6P+. The number of phosphoric acid groups is 1. The van der Waals surface area contributed by atoms with Gasteiger partial charge in [0.2, 0.25) is 0 Å². The summed E-state index contributed by atoms with van der Waals surface area (Å²) in [6, 6.07) is 7.88. The van der Waals surface area contributed by atoms with Gasteiger partial charge in [-0.2, -0.15) is 0 Å². The minimum Gasteiger partial charge on any atom is -0.494 e. The van der Waals surface area contributed by atoms with Crippen molar-refractivity contribution in [2.45, 2.75) is 104 Å². The van der Waals surface area contributed by atoms with E-state index < -0.39 is 7.82 Å². The fraction of sp³-hybridized carbons (Fsp3) is 0.767. The summed E-state index contributed by atoms with van der Waals surface area (Å²) in [7, 11) is -0.00473. The molecule has 0 spiro atoms. The molecule has 2 atom stereocenters. The number of benzene rings is 1. The SMILES string of the molecule is CCCCCCCCCCCCOc1ccc(CC(COP(=O)(O)OCCCC[NH+](C)C)CC(C)=O)cc1. The van der Waals surface area contributed by atoms with Crippen LogP contribution in [0.2, 0.25) is 0 Å². The van der Waals surface area contributed by atoms with Gasteiger partial charge in [0.1, 0.15) is 11.5 Å². The molecule has 1 rings (SSSR count). The largest absolute Gasteiger partial charge is 0.494 e. The van der Waals surface area contributed by atoms with Gasteiger partial charge in [-0.15, -0.1) is 0 Å². The highest BCUT2D eigenvalue weighted by molar-refractivity contribution is 7.47. The summed E-state index contributed by atoms with van der Waals surface area (Å²) in [5, 5.41) is 0. The number of rotatable bonds is 25.